The molecule has 7 heteroatoms. The highest BCUT2D eigenvalue weighted by Crippen LogP contribution is 2.40. The van der Waals surface area contributed by atoms with Gasteiger partial charge >= 0.3 is 0 Å². The highest BCUT2D eigenvalue weighted by Gasteiger charge is 2.47. The zero-order valence-electron chi connectivity index (χ0n) is 19.8. The minimum atomic E-state index is -0.691. The second-order valence-corrected chi connectivity index (χ2v) is 9.91. The van der Waals surface area contributed by atoms with Gasteiger partial charge in [0.25, 0.3) is 17.2 Å². The van der Waals surface area contributed by atoms with Crippen LogP contribution in [0.25, 0.3) is 5.76 Å². The topological polar surface area (TPSA) is 82.9 Å². The van der Waals surface area contributed by atoms with Gasteiger partial charge in [0.05, 0.1) is 18.3 Å². The molecule has 0 radical (unpaired) electrons. The van der Waals surface area contributed by atoms with Crippen LogP contribution in [0.15, 0.2) is 89.2 Å². The lowest BCUT2D eigenvalue weighted by Gasteiger charge is -2.44. The molecule has 3 aliphatic rings. The number of piperidine rings is 1. The van der Waals surface area contributed by atoms with E-state index in [1.807, 2.05) is 53.1 Å². The normalized spacial score (nSPS) is 25.1. The Kier molecular flexibility index (Phi) is 5.57. The van der Waals surface area contributed by atoms with Gasteiger partial charge in [-0.3, -0.25) is 19.3 Å². The Labute approximate surface area is 208 Å². The Bertz CT molecular complexity index is 1410. The van der Waals surface area contributed by atoms with Gasteiger partial charge in [0.2, 0.25) is 0 Å². The van der Waals surface area contributed by atoms with Crippen LogP contribution in [0.5, 0.6) is 0 Å². The number of aromatic nitrogens is 1. The van der Waals surface area contributed by atoms with Crippen LogP contribution in [0.1, 0.15) is 35.3 Å². The molecule has 1 aromatic heterocycles. The summed E-state index contributed by atoms with van der Waals surface area (Å²) in [5.74, 6) is -1.08. The molecular weight excluding hydrogens is 454 g/mol. The summed E-state index contributed by atoms with van der Waals surface area (Å²) in [5.41, 5.74) is 2.45. The largest absolute Gasteiger partial charge is 0.507 e. The number of rotatable bonds is 4. The Hall–Kier alpha value is -3.97. The number of nitrogens with zero attached hydrogens (tertiary/aromatic N) is 3. The van der Waals surface area contributed by atoms with Crippen LogP contribution in [-0.4, -0.2) is 50.9 Å². The standard InChI is InChI=1S/C29H27N3O4/c33-24-13-7-12-22-14-19-15-23(32(22)24)17-30(16-19)18-31-26(20-8-3-1-4-9-20)25(28(35)29(31)36)27(34)21-10-5-2-6-11-21/h1-13,19,23,26,34H,14-18H2/t19-,23-,26+/m0/s1. The minimum absolute atomic E-state index is 0.00499. The molecule has 2 saturated heterocycles. The zero-order chi connectivity index (χ0) is 24.8. The summed E-state index contributed by atoms with van der Waals surface area (Å²) in [6.45, 7) is 1.65. The van der Waals surface area contributed by atoms with Gasteiger partial charge in [0.1, 0.15) is 5.76 Å². The monoisotopic (exact) mass is 481 g/mol. The van der Waals surface area contributed by atoms with Gasteiger partial charge in [0, 0.05) is 36.5 Å². The van der Waals surface area contributed by atoms with Crippen LogP contribution in [0.2, 0.25) is 0 Å². The molecule has 7 nitrogen and oxygen atoms in total. The lowest BCUT2D eigenvalue weighted by atomic mass is 9.86. The van der Waals surface area contributed by atoms with Crippen molar-refractivity contribution in [2.45, 2.75) is 24.9 Å². The highest BCUT2D eigenvalue weighted by molar-refractivity contribution is 6.46. The average Bonchev–Trinajstić information content (AvgIpc) is 3.14. The predicted molar refractivity (Wildman–Crippen MR) is 135 cm³/mol. The molecule has 0 saturated carbocycles. The van der Waals surface area contributed by atoms with E-state index in [-0.39, 0.29) is 29.6 Å². The highest BCUT2D eigenvalue weighted by atomic mass is 16.3. The number of amides is 1. The summed E-state index contributed by atoms with van der Waals surface area (Å²) in [6, 6.07) is 23.0. The van der Waals surface area contributed by atoms with Gasteiger partial charge < -0.3 is 14.6 Å². The molecule has 182 valence electrons. The quantitative estimate of drug-likeness (QED) is 0.351. The van der Waals surface area contributed by atoms with Gasteiger partial charge in [-0.2, -0.15) is 0 Å². The fraction of sp³-hybridized carbons (Fsp3) is 0.276. The van der Waals surface area contributed by atoms with E-state index in [9.17, 15) is 19.5 Å². The van der Waals surface area contributed by atoms with Crippen molar-refractivity contribution in [1.82, 2.24) is 14.4 Å². The molecule has 2 aromatic carbocycles. The summed E-state index contributed by atoms with van der Waals surface area (Å²) in [6.07, 6.45) is 1.75. The second-order valence-electron chi connectivity index (χ2n) is 9.91. The molecule has 6 rings (SSSR count). The fourth-order valence-electron chi connectivity index (χ4n) is 6.12. The molecule has 3 atom stereocenters. The fourth-order valence-corrected chi connectivity index (χ4v) is 6.12. The van der Waals surface area contributed by atoms with E-state index in [1.54, 1.807) is 35.2 Å². The van der Waals surface area contributed by atoms with Crippen LogP contribution >= 0.6 is 0 Å². The summed E-state index contributed by atoms with van der Waals surface area (Å²) < 4.78 is 1.89. The average molecular weight is 482 g/mol. The van der Waals surface area contributed by atoms with Crippen LogP contribution < -0.4 is 5.56 Å². The van der Waals surface area contributed by atoms with E-state index in [1.165, 1.54) is 0 Å². The SMILES string of the molecule is O=C1C(=O)N(CN2C[C@H]3Cc4cccc(=O)n4[C@@H](C3)C2)[C@H](c2ccccc2)C1=C(O)c1ccccc1. The first-order chi connectivity index (χ1) is 17.5. The van der Waals surface area contributed by atoms with E-state index in [0.717, 1.165) is 30.6 Å². The molecule has 2 bridgehead atoms. The van der Waals surface area contributed by atoms with Crippen LogP contribution in [0.4, 0.5) is 0 Å². The summed E-state index contributed by atoms with van der Waals surface area (Å²) in [5, 5.41) is 11.2. The van der Waals surface area contributed by atoms with E-state index in [0.29, 0.717) is 18.0 Å². The summed E-state index contributed by atoms with van der Waals surface area (Å²) >= 11 is 0. The van der Waals surface area contributed by atoms with E-state index in [4.69, 9.17) is 0 Å². The molecule has 0 aliphatic carbocycles. The molecule has 3 aliphatic heterocycles. The van der Waals surface area contributed by atoms with Crippen molar-refractivity contribution in [2.75, 3.05) is 19.8 Å². The third kappa shape index (κ3) is 3.76. The third-order valence-electron chi connectivity index (χ3n) is 7.58. The number of fused-ring (bicyclic) bond motifs is 4. The number of pyridine rings is 1. The van der Waals surface area contributed by atoms with Crippen LogP contribution in [-0.2, 0) is 16.0 Å². The lowest BCUT2D eigenvalue weighted by molar-refractivity contribution is -0.141. The zero-order valence-corrected chi connectivity index (χ0v) is 19.8. The Morgan fingerprint density at radius 3 is 2.33 bits per heavy atom. The predicted octanol–water partition coefficient (Wildman–Crippen LogP) is 3.35. The molecule has 3 aromatic rings. The molecule has 0 spiro atoms. The maximum absolute atomic E-state index is 13.4. The number of benzene rings is 2. The molecule has 4 heterocycles. The van der Waals surface area contributed by atoms with Crippen molar-refractivity contribution in [3.05, 3.63) is 112 Å². The number of ketones is 1. The van der Waals surface area contributed by atoms with Crippen molar-refractivity contribution in [3.63, 3.8) is 0 Å². The first-order valence-corrected chi connectivity index (χ1v) is 12.3. The first kappa shape index (κ1) is 22.5. The number of likely N-dealkylation sites (tertiary alicyclic amines) is 2. The molecular formula is C29H27N3O4. The van der Waals surface area contributed by atoms with Crippen LogP contribution in [0.3, 0.4) is 0 Å². The smallest absolute Gasteiger partial charge is 0.296 e. The van der Waals surface area contributed by atoms with E-state index >= 15 is 0 Å². The first-order valence-electron chi connectivity index (χ1n) is 12.3. The number of carbonyl (C=O) groups is 2. The van der Waals surface area contributed by atoms with Gasteiger partial charge in [-0.05, 0) is 30.4 Å². The second kappa shape index (κ2) is 8.91. The molecule has 1 N–H and O–H groups in total. The van der Waals surface area contributed by atoms with Crippen molar-refractivity contribution in [3.8, 4) is 0 Å². The number of hydrogen-bond donors (Lipinski definition) is 1. The van der Waals surface area contributed by atoms with Gasteiger partial charge in [-0.25, -0.2) is 0 Å². The third-order valence-corrected chi connectivity index (χ3v) is 7.58. The Morgan fingerprint density at radius 1 is 0.861 bits per heavy atom. The van der Waals surface area contributed by atoms with Crippen molar-refractivity contribution < 1.29 is 14.7 Å². The van der Waals surface area contributed by atoms with Crippen molar-refractivity contribution >= 4 is 17.4 Å². The maximum Gasteiger partial charge on any atom is 0.296 e. The summed E-state index contributed by atoms with van der Waals surface area (Å²) in [7, 11) is 0. The number of carbonyl (C=O) groups excluding carboxylic acids is 2. The van der Waals surface area contributed by atoms with E-state index in [2.05, 4.69) is 4.90 Å². The Morgan fingerprint density at radius 2 is 1.58 bits per heavy atom. The molecule has 2 fully saturated rings. The molecule has 0 unspecified atom stereocenters. The van der Waals surface area contributed by atoms with Crippen molar-refractivity contribution in [1.29, 1.82) is 0 Å². The molecule has 36 heavy (non-hydrogen) atoms. The number of aliphatic hydroxyl groups excluding tert-OH is 1. The lowest BCUT2D eigenvalue weighted by Crippen LogP contribution is -2.52. The number of hydrogen-bond acceptors (Lipinski definition) is 5. The van der Waals surface area contributed by atoms with Crippen molar-refractivity contribution in [2.24, 2.45) is 5.92 Å². The number of aliphatic hydroxyl groups is 1. The van der Waals surface area contributed by atoms with Gasteiger partial charge in [-0.1, -0.05) is 66.7 Å². The maximum atomic E-state index is 13.4. The van der Waals surface area contributed by atoms with E-state index < -0.39 is 17.7 Å². The minimum Gasteiger partial charge on any atom is -0.507 e. The number of Topliss-reactive ketones (excluding diaryl/α,β-unsaturated/α-hetero) is 1. The van der Waals surface area contributed by atoms with Gasteiger partial charge in [-0.15, -0.1) is 0 Å². The van der Waals surface area contributed by atoms with Crippen LogP contribution in [0, 0.1) is 5.92 Å². The molecule has 1 amide bonds. The van der Waals surface area contributed by atoms with Gasteiger partial charge in [0.15, 0.2) is 0 Å². The Balaban J connectivity index is 1.36. The summed E-state index contributed by atoms with van der Waals surface area (Å²) in [4.78, 5) is 43.0.